The summed E-state index contributed by atoms with van der Waals surface area (Å²) in [7, 11) is 1.97. The number of benzene rings is 1. The van der Waals surface area contributed by atoms with Gasteiger partial charge in [-0.15, -0.1) is 0 Å². The zero-order valence-electron chi connectivity index (χ0n) is 13.0. The Kier molecular flexibility index (Phi) is 7.59. The summed E-state index contributed by atoms with van der Waals surface area (Å²) >= 11 is 0. The third kappa shape index (κ3) is 7.48. The van der Waals surface area contributed by atoms with Crippen LogP contribution in [0.2, 0.25) is 0 Å². The zero-order chi connectivity index (χ0) is 15.0. The first-order valence-corrected chi connectivity index (χ1v) is 7.15. The number of likely N-dealkylation sites (N-methyl/N-ethyl adjacent to an activating group) is 1. The van der Waals surface area contributed by atoms with Crippen molar-refractivity contribution in [2.45, 2.75) is 33.0 Å². The van der Waals surface area contributed by atoms with Crippen LogP contribution in [0.3, 0.4) is 0 Å². The van der Waals surface area contributed by atoms with E-state index in [2.05, 4.69) is 0 Å². The first kappa shape index (κ1) is 17.0. The Morgan fingerprint density at radius 1 is 1.30 bits per heavy atom. The maximum atomic E-state index is 9.81. The van der Waals surface area contributed by atoms with E-state index in [0.29, 0.717) is 19.8 Å². The van der Waals surface area contributed by atoms with Crippen molar-refractivity contribution in [3.63, 3.8) is 0 Å². The highest BCUT2D eigenvalue weighted by atomic mass is 16.5. The average Bonchev–Trinajstić information content (AvgIpc) is 2.36. The molecule has 4 nitrogen and oxygen atoms in total. The number of aryl methyl sites for hydroxylation is 1. The monoisotopic (exact) mass is 281 g/mol. The van der Waals surface area contributed by atoms with Crippen LogP contribution >= 0.6 is 0 Å². The second kappa shape index (κ2) is 8.95. The molecule has 0 spiro atoms. The molecule has 0 aliphatic rings. The van der Waals surface area contributed by atoms with Crippen molar-refractivity contribution in [3.8, 4) is 5.75 Å². The van der Waals surface area contributed by atoms with E-state index in [4.69, 9.17) is 9.47 Å². The van der Waals surface area contributed by atoms with E-state index in [1.54, 1.807) is 0 Å². The predicted octanol–water partition coefficient (Wildman–Crippen LogP) is 2.09. The Balaban J connectivity index is 2.18. The summed E-state index contributed by atoms with van der Waals surface area (Å²) in [6.07, 6.45) is -0.305. The number of hydrogen-bond acceptors (Lipinski definition) is 4. The van der Waals surface area contributed by atoms with Crippen LogP contribution in [0.15, 0.2) is 24.3 Å². The van der Waals surface area contributed by atoms with Gasteiger partial charge in [0, 0.05) is 13.1 Å². The van der Waals surface area contributed by atoms with Crippen molar-refractivity contribution >= 4 is 0 Å². The van der Waals surface area contributed by atoms with E-state index >= 15 is 0 Å². The molecule has 0 aromatic heterocycles. The molecule has 0 saturated carbocycles. The van der Waals surface area contributed by atoms with Gasteiger partial charge < -0.3 is 19.5 Å². The molecule has 1 unspecified atom stereocenters. The van der Waals surface area contributed by atoms with Crippen LogP contribution in [-0.4, -0.2) is 55.6 Å². The SMILES string of the molecule is Cc1cccc(OCCN(C)CC(O)COC(C)C)c1. The van der Waals surface area contributed by atoms with E-state index in [0.717, 1.165) is 12.3 Å². The molecule has 4 heteroatoms. The lowest BCUT2D eigenvalue weighted by atomic mass is 10.2. The quantitative estimate of drug-likeness (QED) is 0.752. The Bertz CT molecular complexity index is 382. The van der Waals surface area contributed by atoms with Crippen LogP contribution in [0.25, 0.3) is 0 Å². The molecular formula is C16H27NO3. The second-order valence-corrected chi connectivity index (χ2v) is 5.46. The van der Waals surface area contributed by atoms with Gasteiger partial charge in [-0.05, 0) is 45.5 Å². The van der Waals surface area contributed by atoms with Crippen molar-refractivity contribution in [2.75, 3.05) is 33.4 Å². The Morgan fingerprint density at radius 3 is 2.70 bits per heavy atom. The summed E-state index contributed by atoms with van der Waals surface area (Å²) in [5, 5.41) is 9.81. The smallest absolute Gasteiger partial charge is 0.119 e. The van der Waals surface area contributed by atoms with Crippen molar-refractivity contribution in [3.05, 3.63) is 29.8 Å². The molecular weight excluding hydrogens is 254 g/mol. The molecule has 114 valence electrons. The van der Waals surface area contributed by atoms with Crippen LogP contribution in [0.4, 0.5) is 0 Å². The highest BCUT2D eigenvalue weighted by Crippen LogP contribution is 2.12. The van der Waals surface area contributed by atoms with Gasteiger partial charge in [0.15, 0.2) is 0 Å². The highest BCUT2D eigenvalue weighted by Gasteiger charge is 2.09. The summed E-state index contributed by atoms with van der Waals surface area (Å²) in [6.45, 7) is 8.32. The third-order valence-corrected chi connectivity index (χ3v) is 2.88. The number of hydrogen-bond donors (Lipinski definition) is 1. The van der Waals surface area contributed by atoms with Gasteiger partial charge in [-0.1, -0.05) is 12.1 Å². The molecule has 1 rings (SSSR count). The van der Waals surface area contributed by atoms with Gasteiger partial charge in [0.1, 0.15) is 12.4 Å². The van der Waals surface area contributed by atoms with Gasteiger partial charge in [0.05, 0.1) is 18.8 Å². The molecule has 0 bridgehead atoms. The van der Waals surface area contributed by atoms with Crippen LogP contribution in [0, 0.1) is 6.92 Å². The standard InChI is InChI=1S/C16H27NO3/c1-13(2)20-12-15(18)11-17(4)8-9-19-16-7-5-6-14(3)10-16/h5-7,10,13,15,18H,8-9,11-12H2,1-4H3. The molecule has 1 aromatic rings. The van der Waals surface area contributed by atoms with E-state index < -0.39 is 6.10 Å². The molecule has 0 heterocycles. The van der Waals surface area contributed by atoms with Crippen LogP contribution < -0.4 is 4.74 Å². The summed E-state index contributed by atoms with van der Waals surface area (Å²) < 4.78 is 11.1. The number of rotatable bonds is 9. The Hall–Kier alpha value is -1.10. The lowest BCUT2D eigenvalue weighted by molar-refractivity contribution is -0.00649. The molecule has 1 atom stereocenters. The minimum Gasteiger partial charge on any atom is -0.492 e. The first-order valence-electron chi connectivity index (χ1n) is 7.15. The van der Waals surface area contributed by atoms with Gasteiger partial charge >= 0.3 is 0 Å². The van der Waals surface area contributed by atoms with Crippen LogP contribution in [0.1, 0.15) is 19.4 Å². The van der Waals surface area contributed by atoms with Gasteiger partial charge in [-0.25, -0.2) is 0 Å². The summed E-state index contributed by atoms with van der Waals surface area (Å²) in [4.78, 5) is 2.05. The molecule has 0 aliphatic carbocycles. The lowest BCUT2D eigenvalue weighted by Crippen LogP contribution is -2.35. The third-order valence-electron chi connectivity index (χ3n) is 2.88. The van der Waals surface area contributed by atoms with Gasteiger partial charge in [0.25, 0.3) is 0 Å². The van der Waals surface area contributed by atoms with Gasteiger partial charge in [0.2, 0.25) is 0 Å². The van der Waals surface area contributed by atoms with Crippen molar-refractivity contribution in [1.82, 2.24) is 4.90 Å². The highest BCUT2D eigenvalue weighted by molar-refractivity contribution is 5.27. The number of aliphatic hydroxyl groups excluding tert-OH is 1. The fourth-order valence-corrected chi connectivity index (χ4v) is 1.83. The predicted molar refractivity (Wildman–Crippen MR) is 81.3 cm³/mol. The Labute approximate surface area is 122 Å². The number of nitrogens with zero attached hydrogens (tertiary/aromatic N) is 1. The summed E-state index contributed by atoms with van der Waals surface area (Å²) in [6, 6.07) is 8.01. The molecule has 0 radical (unpaired) electrons. The van der Waals surface area contributed by atoms with E-state index in [-0.39, 0.29) is 6.10 Å². The largest absolute Gasteiger partial charge is 0.492 e. The van der Waals surface area contributed by atoms with Crippen molar-refractivity contribution < 1.29 is 14.6 Å². The maximum Gasteiger partial charge on any atom is 0.119 e. The average molecular weight is 281 g/mol. The van der Waals surface area contributed by atoms with Crippen molar-refractivity contribution in [2.24, 2.45) is 0 Å². The van der Waals surface area contributed by atoms with Crippen molar-refractivity contribution in [1.29, 1.82) is 0 Å². The minimum atomic E-state index is -0.457. The number of ether oxygens (including phenoxy) is 2. The normalized spacial score (nSPS) is 12.9. The fourth-order valence-electron chi connectivity index (χ4n) is 1.83. The molecule has 1 aromatic carbocycles. The lowest BCUT2D eigenvalue weighted by Gasteiger charge is -2.21. The number of aliphatic hydroxyl groups is 1. The van der Waals surface area contributed by atoms with Crippen LogP contribution in [-0.2, 0) is 4.74 Å². The minimum absolute atomic E-state index is 0.152. The molecule has 0 fully saturated rings. The summed E-state index contributed by atoms with van der Waals surface area (Å²) in [5.41, 5.74) is 1.19. The van der Waals surface area contributed by atoms with Gasteiger partial charge in [-0.2, -0.15) is 0 Å². The van der Waals surface area contributed by atoms with E-state index in [9.17, 15) is 5.11 Å². The Morgan fingerprint density at radius 2 is 2.05 bits per heavy atom. The molecule has 0 amide bonds. The maximum absolute atomic E-state index is 9.81. The topological polar surface area (TPSA) is 41.9 Å². The second-order valence-electron chi connectivity index (χ2n) is 5.46. The molecule has 0 saturated heterocycles. The summed E-state index contributed by atoms with van der Waals surface area (Å²) in [5.74, 6) is 0.891. The van der Waals surface area contributed by atoms with E-state index in [1.807, 2.05) is 57.0 Å². The molecule has 0 aliphatic heterocycles. The zero-order valence-corrected chi connectivity index (χ0v) is 13.0. The molecule has 20 heavy (non-hydrogen) atoms. The van der Waals surface area contributed by atoms with Crippen LogP contribution in [0.5, 0.6) is 5.75 Å². The fraction of sp³-hybridized carbons (Fsp3) is 0.625. The van der Waals surface area contributed by atoms with E-state index in [1.165, 1.54) is 5.56 Å². The molecule has 1 N–H and O–H groups in total. The first-order chi connectivity index (χ1) is 9.47. The van der Waals surface area contributed by atoms with Gasteiger partial charge in [-0.3, -0.25) is 0 Å².